The molecule has 0 atom stereocenters. The van der Waals surface area contributed by atoms with Crippen molar-refractivity contribution in [2.75, 3.05) is 5.73 Å². The molecule has 0 bridgehead atoms. The predicted molar refractivity (Wildman–Crippen MR) is 54.4 cm³/mol. The van der Waals surface area contributed by atoms with Crippen molar-refractivity contribution in [3.63, 3.8) is 0 Å². The van der Waals surface area contributed by atoms with Crippen LogP contribution in [0.25, 0.3) is 11.0 Å². The standard InChI is InChI=1S/C7H4FIN4/c8-3-1-11-6-5(4(3)9)12-2-13-7(6)10/h1-2H,(H2,10,12,13). The van der Waals surface area contributed by atoms with Gasteiger partial charge in [0.15, 0.2) is 11.6 Å². The molecule has 13 heavy (non-hydrogen) atoms. The molecule has 2 aromatic rings. The van der Waals surface area contributed by atoms with E-state index >= 15 is 0 Å². The third-order valence-electron chi connectivity index (χ3n) is 1.58. The fourth-order valence-electron chi connectivity index (χ4n) is 0.971. The number of rotatable bonds is 0. The molecule has 0 spiro atoms. The van der Waals surface area contributed by atoms with Gasteiger partial charge < -0.3 is 5.73 Å². The van der Waals surface area contributed by atoms with Crippen molar-refractivity contribution in [1.29, 1.82) is 0 Å². The quantitative estimate of drug-likeness (QED) is 0.744. The molecular formula is C7H4FIN4. The lowest BCUT2D eigenvalue weighted by atomic mass is 10.3. The smallest absolute Gasteiger partial charge is 0.157 e. The van der Waals surface area contributed by atoms with Crippen LogP contribution in [0.5, 0.6) is 0 Å². The average Bonchev–Trinajstić information content (AvgIpc) is 2.12. The van der Waals surface area contributed by atoms with Crippen molar-refractivity contribution in [2.24, 2.45) is 0 Å². The number of pyridine rings is 1. The summed E-state index contributed by atoms with van der Waals surface area (Å²) in [5.74, 6) is -0.130. The summed E-state index contributed by atoms with van der Waals surface area (Å²) >= 11 is 1.86. The van der Waals surface area contributed by atoms with Crippen molar-refractivity contribution in [1.82, 2.24) is 15.0 Å². The molecule has 0 saturated heterocycles. The highest BCUT2D eigenvalue weighted by molar-refractivity contribution is 14.1. The minimum Gasteiger partial charge on any atom is -0.382 e. The summed E-state index contributed by atoms with van der Waals surface area (Å²) in [7, 11) is 0. The first kappa shape index (κ1) is 8.54. The van der Waals surface area contributed by atoms with Gasteiger partial charge in [-0.1, -0.05) is 0 Å². The molecule has 4 nitrogen and oxygen atoms in total. The van der Waals surface area contributed by atoms with E-state index < -0.39 is 5.82 Å². The summed E-state index contributed by atoms with van der Waals surface area (Å²) in [4.78, 5) is 11.5. The molecule has 2 N–H and O–H groups in total. The highest BCUT2D eigenvalue weighted by Gasteiger charge is 2.09. The number of anilines is 1. The second kappa shape index (κ2) is 3.02. The van der Waals surface area contributed by atoms with E-state index in [1.165, 1.54) is 6.33 Å². The van der Waals surface area contributed by atoms with Gasteiger partial charge in [-0.25, -0.2) is 19.3 Å². The van der Waals surface area contributed by atoms with E-state index in [0.717, 1.165) is 6.20 Å². The zero-order chi connectivity index (χ0) is 9.42. The summed E-state index contributed by atoms with van der Waals surface area (Å²) in [5.41, 5.74) is 6.43. The SMILES string of the molecule is Nc1ncnc2c(I)c(F)cnc12. The van der Waals surface area contributed by atoms with Crippen LogP contribution < -0.4 is 5.73 Å². The van der Waals surface area contributed by atoms with Crippen molar-refractivity contribution in [3.05, 3.63) is 21.9 Å². The minimum atomic E-state index is -0.397. The van der Waals surface area contributed by atoms with E-state index in [1.807, 2.05) is 22.6 Å². The van der Waals surface area contributed by atoms with E-state index in [-0.39, 0.29) is 5.82 Å². The Hall–Kier alpha value is -1.05. The average molecular weight is 290 g/mol. The number of hydrogen-bond acceptors (Lipinski definition) is 4. The molecule has 0 saturated carbocycles. The molecule has 0 fully saturated rings. The third-order valence-corrected chi connectivity index (χ3v) is 2.60. The first-order valence-electron chi connectivity index (χ1n) is 3.40. The predicted octanol–water partition coefficient (Wildman–Crippen LogP) is 1.35. The molecule has 0 aliphatic rings. The second-order valence-electron chi connectivity index (χ2n) is 2.38. The van der Waals surface area contributed by atoms with Gasteiger partial charge in [-0.15, -0.1) is 0 Å². The maximum absolute atomic E-state index is 13.0. The lowest BCUT2D eigenvalue weighted by molar-refractivity contribution is 0.616. The van der Waals surface area contributed by atoms with E-state index in [1.54, 1.807) is 0 Å². The molecule has 0 aliphatic heterocycles. The van der Waals surface area contributed by atoms with Crippen molar-refractivity contribution >= 4 is 39.4 Å². The van der Waals surface area contributed by atoms with Crippen molar-refractivity contribution in [2.45, 2.75) is 0 Å². The summed E-state index contributed by atoms with van der Waals surface area (Å²) in [6.07, 6.45) is 2.41. The molecular weight excluding hydrogens is 286 g/mol. The van der Waals surface area contributed by atoms with E-state index in [2.05, 4.69) is 15.0 Å². The fourth-order valence-corrected chi connectivity index (χ4v) is 1.51. The van der Waals surface area contributed by atoms with E-state index in [0.29, 0.717) is 14.6 Å². The minimum absolute atomic E-state index is 0.267. The maximum Gasteiger partial charge on any atom is 0.157 e. The lowest BCUT2D eigenvalue weighted by Gasteiger charge is -2.00. The zero-order valence-corrected chi connectivity index (χ0v) is 8.49. The molecule has 0 aliphatic carbocycles. The van der Waals surface area contributed by atoms with E-state index in [4.69, 9.17) is 5.73 Å². The van der Waals surface area contributed by atoms with Crippen LogP contribution in [0.2, 0.25) is 0 Å². The number of halogens is 2. The molecule has 0 aromatic carbocycles. The van der Waals surface area contributed by atoms with Crippen LogP contribution in [-0.2, 0) is 0 Å². The van der Waals surface area contributed by atoms with Gasteiger partial charge in [-0.2, -0.15) is 0 Å². The van der Waals surface area contributed by atoms with Gasteiger partial charge in [-0.3, -0.25) is 0 Å². The summed E-state index contributed by atoms with van der Waals surface area (Å²) in [6.45, 7) is 0. The Bertz CT molecular complexity index is 473. The third kappa shape index (κ3) is 1.30. The van der Waals surface area contributed by atoms with Gasteiger partial charge in [0.05, 0.1) is 9.77 Å². The van der Waals surface area contributed by atoms with Gasteiger partial charge in [-0.05, 0) is 22.6 Å². The molecule has 2 heterocycles. The first-order valence-corrected chi connectivity index (χ1v) is 4.48. The highest BCUT2D eigenvalue weighted by Crippen LogP contribution is 2.21. The Morgan fingerprint density at radius 2 is 2.00 bits per heavy atom. The highest BCUT2D eigenvalue weighted by atomic mass is 127. The Kier molecular flexibility index (Phi) is 1.98. The summed E-state index contributed by atoms with van der Waals surface area (Å²) in [5, 5.41) is 0. The molecule has 0 amide bonds. The molecule has 0 unspecified atom stereocenters. The summed E-state index contributed by atoms with van der Waals surface area (Å²) < 4.78 is 13.4. The molecule has 66 valence electrons. The Morgan fingerprint density at radius 1 is 1.23 bits per heavy atom. The largest absolute Gasteiger partial charge is 0.382 e. The van der Waals surface area contributed by atoms with Gasteiger partial charge in [0.2, 0.25) is 0 Å². The number of fused-ring (bicyclic) bond motifs is 1. The number of nitrogen functional groups attached to an aromatic ring is 1. The Balaban J connectivity index is 2.94. The van der Waals surface area contributed by atoms with Gasteiger partial charge in [0, 0.05) is 0 Å². The monoisotopic (exact) mass is 290 g/mol. The Labute approximate surface area is 86.5 Å². The van der Waals surface area contributed by atoms with Gasteiger partial charge >= 0.3 is 0 Å². The van der Waals surface area contributed by atoms with E-state index in [9.17, 15) is 4.39 Å². The second-order valence-corrected chi connectivity index (χ2v) is 3.45. The maximum atomic E-state index is 13.0. The van der Waals surface area contributed by atoms with Crippen LogP contribution in [0.15, 0.2) is 12.5 Å². The van der Waals surface area contributed by atoms with Crippen LogP contribution in [0.3, 0.4) is 0 Å². The number of aromatic nitrogens is 3. The van der Waals surface area contributed by atoms with Crippen molar-refractivity contribution < 1.29 is 4.39 Å². The first-order chi connectivity index (χ1) is 6.20. The van der Waals surface area contributed by atoms with Crippen LogP contribution in [-0.4, -0.2) is 15.0 Å². The number of nitrogens with zero attached hydrogens (tertiary/aromatic N) is 3. The fraction of sp³-hybridized carbons (Fsp3) is 0. The topological polar surface area (TPSA) is 64.7 Å². The molecule has 2 aromatic heterocycles. The van der Waals surface area contributed by atoms with Crippen LogP contribution in [0, 0.1) is 9.39 Å². The molecule has 2 rings (SSSR count). The van der Waals surface area contributed by atoms with Crippen molar-refractivity contribution in [3.8, 4) is 0 Å². The molecule has 0 radical (unpaired) electrons. The zero-order valence-electron chi connectivity index (χ0n) is 6.33. The van der Waals surface area contributed by atoms with Crippen LogP contribution >= 0.6 is 22.6 Å². The Morgan fingerprint density at radius 3 is 2.77 bits per heavy atom. The van der Waals surface area contributed by atoms with Gasteiger partial charge in [0.25, 0.3) is 0 Å². The van der Waals surface area contributed by atoms with Crippen LogP contribution in [0.4, 0.5) is 10.2 Å². The lowest BCUT2D eigenvalue weighted by Crippen LogP contribution is -1.98. The number of hydrogen-bond donors (Lipinski definition) is 1. The van der Waals surface area contributed by atoms with Gasteiger partial charge in [0.1, 0.15) is 17.4 Å². The number of nitrogens with two attached hydrogens (primary N) is 1. The normalized spacial score (nSPS) is 10.6. The van der Waals surface area contributed by atoms with Crippen LogP contribution in [0.1, 0.15) is 0 Å². The molecule has 6 heteroatoms. The summed E-state index contributed by atoms with van der Waals surface area (Å²) in [6, 6.07) is 0.